The van der Waals surface area contributed by atoms with Gasteiger partial charge in [-0.3, -0.25) is 9.36 Å². The minimum atomic E-state index is -1.63. The Bertz CT molecular complexity index is 1170. The molecule has 206 valence electrons. The van der Waals surface area contributed by atoms with E-state index < -0.39 is 38.8 Å². The molecule has 1 saturated heterocycles. The Hall–Kier alpha value is -2.71. The Morgan fingerprint density at radius 2 is 1.97 bits per heavy atom. The van der Waals surface area contributed by atoms with Crippen molar-refractivity contribution in [3.63, 3.8) is 0 Å². The van der Waals surface area contributed by atoms with E-state index in [0.717, 1.165) is 0 Å². The number of nitriles is 1. The molecule has 0 spiro atoms. The summed E-state index contributed by atoms with van der Waals surface area (Å²) in [5.41, 5.74) is -0.221. The van der Waals surface area contributed by atoms with E-state index in [2.05, 4.69) is 21.0 Å². The third-order valence-corrected chi connectivity index (χ3v) is 7.94. The number of amides is 1. The molecule has 0 bridgehead atoms. The van der Waals surface area contributed by atoms with Gasteiger partial charge in [-0.1, -0.05) is 18.2 Å². The summed E-state index contributed by atoms with van der Waals surface area (Å²) in [5.74, 6) is -0.291. The van der Waals surface area contributed by atoms with Crippen LogP contribution in [-0.4, -0.2) is 64.2 Å². The van der Waals surface area contributed by atoms with Crippen molar-refractivity contribution in [3.8, 4) is 6.07 Å². The molecule has 1 aromatic heterocycles. The third kappa shape index (κ3) is 7.23. The summed E-state index contributed by atoms with van der Waals surface area (Å²) < 4.78 is 35.7. The van der Waals surface area contributed by atoms with E-state index in [4.69, 9.17) is 25.2 Å². The molecular formula is C26H36N5O6P. The monoisotopic (exact) mass is 546 g/mol. The second-order valence-electron chi connectivity index (χ2n) is 9.20. The highest BCUT2D eigenvalue weighted by atomic mass is 31.2. The first-order valence-electron chi connectivity index (χ1n) is 13.1. The summed E-state index contributed by atoms with van der Waals surface area (Å²) in [4.78, 5) is 29.5. The van der Waals surface area contributed by atoms with Crippen LogP contribution in [0.3, 0.4) is 0 Å². The normalized spacial score (nSPS) is 22.4. The van der Waals surface area contributed by atoms with Crippen molar-refractivity contribution in [3.05, 3.63) is 58.6 Å². The van der Waals surface area contributed by atoms with Crippen LogP contribution in [-0.2, 0) is 18.5 Å². The first-order valence-corrected chi connectivity index (χ1v) is 13.5. The van der Waals surface area contributed by atoms with Gasteiger partial charge in [0.15, 0.2) is 6.23 Å². The fourth-order valence-electron chi connectivity index (χ4n) is 4.16. The molecule has 1 N–H and O–H groups in total. The topological polar surface area (TPSA) is 128 Å². The zero-order chi connectivity index (χ0) is 28.5. The number of anilines is 1. The fraction of sp³-hybridized carbons (Fsp3) is 0.538. The van der Waals surface area contributed by atoms with E-state index in [1.165, 1.54) is 23.9 Å². The van der Waals surface area contributed by atoms with Crippen molar-refractivity contribution in [2.45, 2.75) is 77.6 Å². The maximum atomic E-state index is 13.0. The Kier molecular flexibility index (Phi) is 10.4. The van der Waals surface area contributed by atoms with Gasteiger partial charge in [-0.2, -0.15) is 10.2 Å². The van der Waals surface area contributed by atoms with E-state index in [-0.39, 0.29) is 43.7 Å². The molecule has 0 aliphatic carbocycles. The Balaban J connectivity index is 1.84. The molecule has 1 aliphatic rings. The first-order chi connectivity index (χ1) is 18.7. The van der Waals surface area contributed by atoms with Gasteiger partial charge in [0.1, 0.15) is 18.0 Å². The third-order valence-electron chi connectivity index (χ3n) is 5.81. The van der Waals surface area contributed by atoms with Crippen molar-refractivity contribution in [2.24, 2.45) is 0 Å². The van der Waals surface area contributed by atoms with Crippen LogP contribution in [0.5, 0.6) is 0 Å². The number of aromatic nitrogens is 2. The first kappa shape index (κ1) is 28.3. The molecule has 0 saturated carbocycles. The second kappa shape index (κ2) is 13.9. The zero-order valence-electron chi connectivity index (χ0n) is 23.3. The molecule has 2 aromatic rings. The quantitative estimate of drug-likeness (QED) is 0.309. The average molecular weight is 547 g/mol. The molecular weight excluding hydrogens is 509 g/mol. The number of nitrogens with one attached hydrogen (secondary N) is 1. The lowest BCUT2D eigenvalue weighted by molar-refractivity contribution is -0.0509. The molecule has 1 amide bonds. The number of carbonyl (C=O) groups excluding carboxylic acids is 1. The lowest BCUT2D eigenvalue weighted by atomic mass is 10.1. The highest BCUT2D eigenvalue weighted by molar-refractivity contribution is 7.44. The molecule has 1 unspecified atom stereocenters. The summed E-state index contributed by atoms with van der Waals surface area (Å²) in [5, 5.41) is 11.6. The highest BCUT2D eigenvalue weighted by Gasteiger charge is 2.47. The van der Waals surface area contributed by atoms with Gasteiger partial charge in [0.2, 0.25) is 0 Å². The van der Waals surface area contributed by atoms with Crippen molar-refractivity contribution in [1.29, 1.82) is 5.26 Å². The number of benzene rings is 1. The van der Waals surface area contributed by atoms with Crippen LogP contribution in [0.4, 0.5) is 5.82 Å². The average Bonchev–Trinajstić information content (AvgIpc) is 3.25. The summed E-state index contributed by atoms with van der Waals surface area (Å²) >= 11 is 0. The standard InChI is InChI=1S/C26H36N5O6P/c1-17(2)31(18(3)4)38(35-16-10-14-27)37-22-19(5)36-25(23(22)34-6)30-15-13-21(29-26(30)33)28-24(32)20-11-8-7-9-12-20/h7-9,11-13,15,17-19,22-23,25H,10,16H2,1-6H3,(H,28,29,32,33)/t19-,22-,23-,25-,38?/m1/s1/i5D. The van der Waals surface area contributed by atoms with Crippen molar-refractivity contribution in [2.75, 3.05) is 19.0 Å². The number of nitrogens with zero attached hydrogens (tertiary/aromatic N) is 4. The number of hydrogen-bond donors (Lipinski definition) is 1. The van der Waals surface area contributed by atoms with Crippen LogP contribution in [0.2, 0.25) is 0 Å². The maximum Gasteiger partial charge on any atom is 0.351 e. The van der Waals surface area contributed by atoms with Crippen LogP contribution >= 0.6 is 8.53 Å². The molecule has 0 radical (unpaired) electrons. The summed E-state index contributed by atoms with van der Waals surface area (Å²) in [7, 11) is -0.151. The van der Waals surface area contributed by atoms with Gasteiger partial charge in [0.05, 0.1) is 25.2 Å². The predicted molar refractivity (Wildman–Crippen MR) is 143 cm³/mol. The lowest BCUT2D eigenvalue weighted by Gasteiger charge is -2.37. The number of hydrogen-bond acceptors (Lipinski definition) is 9. The van der Waals surface area contributed by atoms with Crippen molar-refractivity contribution in [1.82, 2.24) is 14.2 Å². The minimum Gasteiger partial charge on any atom is -0.374 e. The van der Waals surface area contributed by atoms with E-state index in [1.807, 2.05) is 27.7 Å². The lowest BCUT2D eigenvalue weighted by Crippen LogP contribution is -2.40. The van der Waals surface area contributed by atoms with Gasteiger partial charge >= 0.3 is 5.69 Å². The van der Waals surface area contributed by atoms with E-state index in [0.29, 0.717) is 5.56 Å². The van der Waals surface area contributed by atoms with E-state index in [9.17, 15) is 9.59 Å². The highest BCUT2D eigenvalue weighted by Crippen LogP contribution is 2.50. The van der Waals surface area contributed by atoms with Gasteiger partial charge in [-0.15, -0.1) is 0 Å². The molecule has 1 aromatic carbocycles. The number of rotatable bonds is 12. The van der Waals surface area contributed by atoms with Crippen LogP contribution in [0.25, 0.3) is 0 Å². The van der Waals surface area contributed by atoms with Gasteiger partial charge in [-0.05, 0) is 52.8 Å². The molecule has 3 rings (SSSR count). The Labute approximate surface area is 226 Å². The van der Waals surface area contributed by atoms with Crippen LogP contribution < -0.4 is 11.0 Å². The van der Waals surface area contributed by atoms with Crippen molar-refractivity contribution >= 4 is 20.3 Å². The largest absolute Gasteiger partial charge is 0.374 e. The fourth-order valence-corrected chi connectivity index (χ4v) is 5.93. The van der Waals surface area contributed by atoms with Gasteiger partial charge in [-0.25, -0.2) is 9.46 Å². The maximum absolute atomic E-state index is 13.0. The Morgan fingerprint density at radius 1 is 1.26 bits per heavy atom. The zero-order valence-corrected chi connectivity index (χ0v) is 23.2. The van der Waals surface area contributed by atoms with Crippen LogP contribution in [0.15, 0.2) is 47.4 Å². The number of ether oxygens (including phenoxy) is 2. The molecule has 2 heterocycles. The summed E-state index contributed by atoms with van der Waals surface area (Å²) in [6, 6.07) is 12.3. The molecule has 38 heavy (non-hydrogen) atoms. The predicted octanol–water partition coefficient (Wildman–Crippen LogP) is 4.09. The molecule has 1 fully saturated rings. The van der Waals surface area contributed by atoms with E-state index >= 15 is 0 Å². The van der Waals surface area contributed by atoms with Crippen molar-refractivity contribution < 1.29 is 24.7 Å². The molecule has 5 atom stereocenters. The van der Waals surface area contributed by atoms with Gasteiger partial charge in [0.25, 0.3) is 14.4 Å². The minimum absolute atomic E-state index is 0.0808. The van der Waals surface area contributed by atoms with Gasteiger partial charge < -0.3 is 23.8 Å². The van der Waals surface area contributed by atoms with Gasteiger partial charge in [0, 0.05) is 32.3 Å². The smallest absolute Gasteiger partial charge is 0.351 e. The van der Waals surface area contributed by atoms with E-state index in [1.54, 1.807) is 30.3 Å². The molecule has 1 aliphatic heterocycles. The Morgan fingerprint density at radius 3 is 2.55 bits per heavy atom. The number of methoxy groups -OCH3 is 1. The molecule has 11 nitrogen and oxygen atoms in total. The molecule has 12 heteroatoms. The van der Waals surface area contributed by atoms with Crippen LogP contribution in [0, 0.1) is 11.3 Å². The van der Waals surface area contributed by atoms with Crippen LogP contribution in [0.1, 0.15) is 59.0 Å². The summed E-state index contributed by atoms with van der Waals surface area (Å²) in [6.07, 6.45) is -1.44. The number of carbonyl (C=O) groups is 1. The SMILES string of the molecule is [2H]C[C@H]1O[C@@H](n2ccc(NC(=O)c3ccccc3)nc2=O)[C@H](OC)[C@@H]1OP(OCCC#N)N(C(C)C)C(C)C. The second-order valence-corrected chi connectivity index (χ2v) is 10.6. The summed E-state index contributed by atoms with van der Waals surface area (Å²) in [6.45, 7) is 8.16.